The predicted octanol–water partition coefficient (Wildman–Crippen LogP) is 3.18. The van der Waals surface area contributed by atoms with Crippen LogP contribution in [0.3, 0.4) is 0 Å². The monoisotopic (exact) mass is 280 g/mol. The van der Waals surface area contributed by atoms with E-state index in [9.17, 15) is 4.79 Å². The Bertz CT molecular complexity index is 634. The maximum Gasteiger partial charge on any atom is 0.231 e. The number of aryl methyl sites for hydroxylation is 1. The second-order valence-electron chi connectivity index (χ2n) is 5.55. The second kappa shape index (κ2) is 6.00. The highest BCUT2D eigenvalue weighted by Gasteiger charge is 2.20. The van der Waals surface area contributed by atoms with Gasteiger partial charge in [0, 0.05) is 17.9 Å². The Hall–Kier alpha value is -2.29. The van der Waals surface area contributed by atoms with Gasteiger partial charge >= 0.3 is 0 Å². The molecule has 0 unspecified atom stereocenters. The third-order valence-corrected chi connectivity index (χ3v) is 4.00. The van der Waals surface area contributed by atoms with Crippen LogP contribution >= 0.6 is 0 Å². The topological polar surface area (TPSA) is 46.3 Å². The van der Waals surface area contributed by atoms with Crippen LogP contribution in [0.25, 0.3) is 0 Å². The molecule has 0 saturated heterocycles. The first-order chi connectivity index (χ1) is 10.2. The van der Waals surface area contributed by atoms with Crippen molar-refractivity contribution < 1.29 is 4.79 Å². The number of hydrogen-bond acceptors (Lipinski definition) is 2. The lowest BCUT2D eigenvalue weighted by atomic mass is 10.1. The van der Waals surface area contributed by atoms with Gasteiger partial charge in [-0.15, -0.1) is 0 Å². The molecule has 3 rings (SSSR count). The molecule has 21 heavy (non-hydrogen) atoms. The number of para-hydroxylation sites is 1. The van der Waals surface area contributed by atoms with E-state index in [1.54, 1.807) is 0 Å². The number of carbonyl (C=O) groups excluding carboxylic acids is 1. The van der Waals surface area contributed by atoms with Gasteiger partial charge in [-0.1, -0.05) is 30.3 Å². The summed E-state index contributed by atoms with van der Waals surface area (Å²) in [5.41, 5.74) is 9.78. The van der Waals surface area contributed by atoms with Gasteiger partial charge in [-0.05, 0) is 48.6 Å². The molecule has 1 heterocycles. The Balaban J connectivity index is 1.82. The number of hydrogen-bond donors (Lipinski definition) is 1. The molecular weight excluding hydrogens is 260 g/mol. The highest BCUT2D eigenvalue weighted by molar-refractivity contribution is 5.95. The first-order valence-corrected chi connectivity index (χ1v) is 7.47. The summed E-state index contributed by atoms with van der Waals surface area (Å²) in [4.78, 5) is 14.6. The van der Waals surface area contributed by atoms with Gasteiger partial charge in [0.25, 0.3) is 0 Å². The Morgan fingerprint density at radius 3 is 2.62 bits per heavy atom. The molecule has 1 aliphatic heterocycles. The van der Waals surface area contributed by atoms with Crippen molar-refractivity contribution in [2.24, 2.45) is 0 Å². The molecule has 1 aliphatic rings. The van der Waals surface area contributed by atoms with Crippen molar-refractivity contribution in [1.29, 1.82) is 0 Å². The smallest absolute Gasteiger partial charge is 0.231 e. The molecule has 0 aromatic heterocycles. The molecule has 0 spiro atoms. The van der Waals surface area contributed by atoms with E-state index in [1.807, 2.05) is 41.3 Å². The molecule has 1 amide bonds. The van der Waals surface area contributed by atoms with Crippen LogP contribution in [0.1, 0.15) is 24.0 Å². The molecule has 0 radical (unpaired) electrons. The van der Waals surface area contributed by atoms with Crippen molar-refractivity contribution in [2.45, 2.75) is 25.7 Å². The number of carbonyl (C=O) groups is 1. The van der Waals surface area contributed by atoms with Crippen molar-refractivity contribution in [3.05, 3.63) is 59.7 Å². The fourth-order valence-corrected chi connectivity index (χ4v) is 2.86. The normalized spacial score (nSPS) is 14.4. The van der Waals surface area contributed by atoms with Crippen LogP contribution in [-0.4, -0.2) is 12.5 Å². The third kappa shape index (κ3) is 3.07. The average molecular weight is 280 g/mol. The van der Waals surface area contributed by atoms with Crippen LogP contribution < -0.4 is 10.6 Å². The molecule has 108 valence electrons. The lowest BCUT2D eigenvalue weighted by Gasteiger charge is -2.23. The van der Waals surface area contributed by atoms with Gasteiger partial charge < -0.3 is 10.6 Å². The SMILES string of the molecule is Nc1ccc(CC(=O)N2CCCCc3ccccc32)cc1. The number of amides is 1. The zero-order valence-corrected chi connectivity index (χ0v) is 12.1. The fourth-order valence-electron chi connectivity index (χ4n) is 2.86. The first kappa shape index (κ1) is 13.7. The molecule has 0 bridgehead atoms. The molecule has 0 atom stereocenters. The van der Waals surface area contributed by atoms with E-state index >= 15 is 0 Å². The Morgan fingerprint density at radius 1 is 1.05 bits per heavy atom. The van der Waals surface area contributed by atoms with Crippen LogP contribution in [0.4, 0.5) is 11.4 Å². The number of nitrogen functional groups attached to an aromatic ring is 1. The van der Waals surface area contributed by atoms with Crippen LogP contribution in [0.2, 0.25) is 0 Å². The lowest BCUT2D eigenvalue weighted by molar-refractivity contribution is -0.118. The average Bonchev–Trinajstić information content (AvgIpc) is 2.72. The molecule has 2 aromatic carbocycles. The summed E-state index contributed by atoms with van der Waals surface area (Å²) >= 11 is 0. The summed E-state index contributed by atoms with van der Waals surface area (Å²) in [5, 5.41) is 0. The van der Waals surface area contributed by atoms with Crippen LogP contribution in [0, 0.1) is 0 Å². The number of rotatable bonds is 2. The second-order valence-corrected chi connectivity index (χ2v) is 5.55. The Labute approximate surface area is 125 Å². The van der Waals surface area contributed by atoms with Crippen molar-refractivity contribution in [1.82, 2.24) is 0 Å². The van der Waals surface area contributed by atoms with Gasteiger partial charge in [0.1, 0.15) is 0 Å². The predicted molar refractivity (Wildman–Crippen MR) is 86.3 cm³/mol. The summed E-state index contributed by atoms with van der Waals surface area (Å²) < 4.78 is 0. The van der Waals surface area contributed by atoms with E-state index in [0.29, 0.717) is 6.42 Å². The Kier molecular flexibility index (Phi) is 3.91. The van der Waals surface area contributed by atoms with E-state index in [0.717, 1.165) is 42.7 Å². The standard InChI is InChI=1S/C18H20N2O/c19-16-10-8-14(9-11-16)13-18(21)20-12-4-3-6-15-5-1-2-7-17(15)20/h1-2,5,7-11H,3-4,6,12-13,19H2. The minimum absolute atomic E-state index is 0.161. The van der Waals surface area contributed by atoms with E-state index < -0.39 is 0 Å². The number of anilines is 2. The Morgan fingerprint density at radius 2 is 1.81 bits per heavy atom. The number of nitrogens with zero attached hydrogens (tertiary/aromatic N) is 1. The molecule has 2 N–H and O–H groups in total. The van der Waals surface area contributed by atoms with E-state index in [4.69, 9.17) is 5.73 Å². The molecule has 3 nitrogen and oxygen atoms in total. The summed E-state index contributed by atoms with van der Waals surface area (Å²) in [6.45, 7) is 0.810. The zero-order valence-electron chi connectivity index (χ0n) is 12.1. The van der Waals surface area contributed by atoms with Crippen LogP contribution in [-0.2, 0) is 17.6 Å². The van der Waals surface area contributed by atoms with Gasteiger partial charge in [0.2, 0.25) is 5.91 Å². The first-order valence-electron chi connectivity index (χ1n) is 7.47. The highest BCUT2D eigenvalue weighted by atomic mass is 16.2. The van der Waals surface area contributed by atoms with Crippen molar-refractivity contribution in [3.8, 4) is 0 Å². The van der Waals surface area contributed by atoms with Gasteiger partial charge in [0.15, 0.2) is 0 Å². The summed E-state index contributed by atoms with van der Waals surface area (Å²) in [7, 11) is 0. The molecule has 2 aromatic rings. The minimum atomic E-state index is 0.161. The molecule has 3 heteroatoms. The zero-order chi connectivity index (χ0) is 14.7. The number of nitrogens with two attached hydrogens (primary N) is 1. The van der Waals surface area contributed by atoms with Gasteiger partial charge in [-0.2, -0.15) is 0 Å². The lowest BCUT2D eigenvalue weighted by Crippen LogP contribution is -2.33. The van der Waals surface area contributed by atoms with Gasteiger partial charge in [0.05, 0.1) is 6.42 Å². The summed E-state index contributed by atoms with van der Waals surface area (Å²) in [6.07, 6.45) is 3.68. The largest absolute Gasteiger partial charge is 0.399 e. The minimum Gasteiger partial charge on any atom is -0.399 e. The van der Waals surface area contributed by atoms with Crippen molar-refractivity contribution >= 4 is 17.3 Å². The van der Waals surface area contributed by atoms with E-state index in [1.165, 1.54) is 5.56 Å². The van der Waals surface area contributed by atoms with Crippen LogP contribution in [0.5, 0.6) is 0 Å². The molecule has 0 aliphatic carbocycles. The van der Waals surface area contributed by atoms with Crippen molar-refractivity contribution in [3.63, 3.8) is 0 Å². The summed E-state index contributed by atoms with van der Waals surface area (Å²) in [5.74, 6) is 0.161. The van der Waals surface area contributed by atoms with E-state index in [2.05, 4.69) is 12.1 Å². The molecular formula is C18H20N2O. The van der Waals surface area contributed by atoms with E-state index in [-0.39, 0.29) is 5.91 Å². The summed E-state index contributed by atoms with van der Waals surface area (Å²) in [6, 6.07) is 15.8. The maximum absolute atomic E-state index is 12.7. The fraction of sp³-hybridized carbons (Fsp3) is 0.278. The molecule has 0 saturated carbocycles. The number of benzene rings is 2. The molecule has 0 fully saturated rings. The number of fused-ring (bicyclic) bond motifs is 1. The quantitative estimate of drug-likeness (QED) is 0.859. The highest BCUT2D eigenvalue weighted by Crippen LogP contribution is 2.26. The van der Waals surface area contributed by atoms with Gasteiger partial charge in [-0.3, -0.25) is 4.79 Å². The van der Waals surface area contributed by atoms with Crippen LogP contribution in [0.15, 0.2) is 48.5 Å². The maximum atomic E-state index is 12.7. The van der Waals surface area contributed by atoms with Gasteiger partial charge in [-0.25, -0.2) is 0 Å². The van der Waals surface area contributed by atoms with Crippen molar-refractivity contribution in [2.75, 3.05) is 17.2 Å². The third-order valence-electron chi connectivity index (χ3n) is 4.00.